The van der Waals surface area contributed by atoms with E-state index in [-0.39, 0.29) is 23.6 Å². The summed E-state index contributed by atoms with van der Waals surface area (Å²) in [5.41, 5.74) is 0.835. The Balaban J connectivity index is 1.88. The normalized spacial score (nSPS) is 20.3. The fourth-order valence-corrected chi connectivity index (χ4v) is 2.41. The molecule has 0 radical (unpaired) electrons. The molecule has 2 rings (SSSR count). The number of amides is 2. The monoisotopic (exact) mass is 320 g/mol. The highest BCUT2D eigenvalue weighted by Gasteiger charge is 2.28. The molecule has 126 valence electrons. The number of carbonyl (C=O) groups excluding carboxylic acids is 2. The second kappa shape index (κ2) is 8.59. The largest absolute Gasteiger partial charge is 0.365 e. The highest BCUT2D eigenvalue weighted by Crippen LogP contribution is 2.20. The highest BCUT2D eigenvalue weighted by atomic mass is 16.5. The van der Waals surface area contributed by atoms with Gasteiger partial charge in [-0.15, -0.1) is 0 Å². The lowest BCUT2D eigenvalue weighted by atomic mass is 10.2. The van der Waals surface area contributed by atoms with Crippen LogP contribution in [0.2, 0.25) is 0 Å². The Bertz CT molecular complexity index is 550. The van der Waals surface area contributed by atoms with E-state index in [2.05, 4.69) is 20.9 Å². The van der Waals surface area contributed by atoms with Crippen LogP contribution >= 0.6 is 0 Å². The Hall–Kier alpha value is -1.99. The van der Waals surface area contributed by atoms with Gasteiger partial charge in [-0.2, -0.15) is 0 Å². The molecule has 0 bridgehead atoms. The number of ether oxygens (including phenoxy) is 1. The van der Waals surface area contributed by atoms with Gasteiger partial charge in [-0.1, -0.05) is 0 Å². The second-order valence-corrected chi connectivity index (χ2v) is 5.64. The zero-order chi connectivity index (χ0) is 16.7. The van der Waals surface area contributed by atoms with E-state index in [1.807, 2.05) is 14.0 Å². The summed E-state index contributed by atoms with van der Waals surface area (Å²) in [6, 6.07) is 3.23. The summed E-state index contributed by atoms with van der Waals surface area (Å²) in [5, 5.41) is 8.59. The van der Waals surface area contributed by atoms with E-state index in [9.17, 15) is 9.59 Å². The fraction of sp³-hybridized carbons (Fsp3) is 0.562. The van der Waals surface area contributed by atoms with E-state index in [1.54, 1.807) is 12.1 Å². The number of rotatable bonds is 7. The molecule has 1 aromatic heterocycles. The first-order valence-corrected chi connectivity index (χ1v) is 7.95. The van der Waals surface area contributed by atoms with Crippen molar-refractivity contribution in [3.05, 3.63) is 24.0 Å². The summed E-state index contributed by atoms with van der Waals surface area (Å²) in [6.45, 7) is 3.37. The van der Waals surface area contributed by atoms with Gasteiger partial charge in [0.15, 0.2) is 0 Å². The molecule has 7 nitrogen and oxygen atoms in total. The van der Waals surface area contributed by atoms with Gasteiger partial charge in [0.1, 0.15) is 11.8 Å². The molecule has 1 fully saturated rings. The van der Waals surface area contributed by atoms with E-state index in [1.165, 1.54) is 6.20 Å². The number of nitrogens with zero attached hydrogens (tertiary/aromatic N) is 1. The maximum Gasteiger partial charge on any atom is 0.269 e. The van der Waals surface area contributed by atoms with Crippen molar-refractivity contribution in [3.8, 4) is 0 Å². The van der Waals surface area contributed by atoms with Crippen molar-refractivity contribution in [2.24, 2.45) is 0 Å². The van der Waals surface area contributed by atoms with Gasteiger partial charge in [0, 0.05) is 18.4 Å². The molecule has 0 aliphatic carbocycles. The third kappa shape index (κ3) is 5.30. The zero-order valence-corrected chi connectivity index (χ0v) is 13.6. The lowest BCUT2D eigenvalue weighted by Gasteiger charge is -2.12. The third-order valence-electron chi connectivity index (χ3n) is 3.67. The fourth-order valence-electron chi connectivity index (χ4n) is 2.41. The van der Waals surface area contributed by atoms with Crippen LogP contribution in [-0.2, 0) is 9.53 Å². The molecule has 7 heteroatoms. The quantitative estimate of drug-likeness (QED) is 0.650. The minimum absolute atomic E-state index is 0.113. The summed E-state index contributed by atoms with van der Waals surface area (Å²) in [5.74, 6) is -0.427. The molecule has 1 aromatic rings. The maximum atomic E-state index is 12.1. The standard InChI is InChI=1S/C16H24N4O3/c1-11-4-5-14(23-11)16(22)20-12-6-9-18-13(10-12)15(21)19-8-3-7-17-2/h6,9-11,14,17H,3-5,7-8H2,1-2H3,(H,19,21)(H,18,20,22). The maximum absolute atomic E-state index is 12.1. The molecule has 0 aromatic carbocycles. The van der Waals surface area contributed by atoms with Gasteiger partial charge in [-0.3, -0.25) is 14.6 Å². The average Bonchev–Trinajstić information content (AvgIpc) is 2.98. The zero-order valence-electron chi connectivity index (χ0n) is 13.6. The van der Waals surface area contributed by atoms with Crippen LogP contribution in [0.15, 0.2) is 18.3 Å². The van der Waals surface area contributed by atoms with Gasteiger partial charge in [-0.05, 0) is 51.9 Å². The van der Waals surface area contributed by atoms with E-state index in [0.29, 0.717) is 12.2 Å². The lowest BCUT2D eigenvalue weighted by Crippen LogP contribution is -2.29. The minimum atomic E-state index is -0.419. The molecule has 2 heterocycles. The SMILES string of the molecule is CNCCCNC(=O)c1cc(NC(=O)C2CCC(C)O2)ccn1. The number of pyridine rings is 1. The topological polar surface area (TPSA) is 92.3 Å². The predicted molar refractivity (Wildman–Crippen MR) is 87.3 cm³/mol. The summed E-state index contributed by atoms with van der Waals surface area (Å²) in [7, 11) is 1.87. The smallest absolute Gasteiger partial charge is 0.269 e. The first-order valence-electron chi connectivity index (χ1n) is 7.95. The highest BCUT2D eigenvalue weighted by molar-refractivity contribution is 5.97. The number of nitrogens with one attached hydrogen (secondary N) is 3. The van der Waals surface area contributed by atoms with Gasteiger partial charge < -0.3 is 20.7 Å². The van der Waals surface area contributed by atoms with E-state index < -0.39 is 6.10 Å². The molecular weight excluding hydrogens is 296 g/mol. The number of aromatic nitrogens is 1. The number of hydrogen-bond donors (Lipinski definition) is 3. The predicted octanol–water partition coefficient (Wildman–Crippen LogP) is 0.927. The van der Waals surface area contributed by atoms with Crippen LogP contribution in [-0.4, -0.2) is 49.1 Å². The van der Waals surface area contributed by atoms with Crippen LogP contribution in [0.5, 0.6) is 0 Å². The minimum Gasteiger partial charge on any atom is -0.365 e. The van der Waals surface area contributed by atoms with Gasteiger partial charge in [0.25, 0.3) is 11.8 Å². The van der Waals surface area contributed by atoms with Crippen molar-refractivity contribution < 1.29 is 14.3 Å². The van der Waals surface area contributed by atoms with Gasteiger partial charge in [0.2, 0.25) is 0 Å². The molecule has 2 amide bonds. The first-order chi connectivity index (χ1) is 11.1. The van der Waals surface area contributed by atoms with Gasteiger partial charge in [-0.25, -0.2) is 0 Å². The molecule has 0 saturated carbocycles. The van der Waals surface area contributed by atoms with Crippen molar-refractivity contribution >= 4 is 17.5 Å². The van der Waals surface area contributed by atoms with E-state index >= 15 is 0 Å². The van der Waals surface area contributed by atoms with Crippen molar-refractivity contribution in [1.29, 1.82) is 0 Å². The first kappa shape index (κ1) is 17.4. The van der Waals surface area contributed by atoms with Crippen LogP contribution in [0.3, 0.4) is 0 Å². The lowest BCUT2D eigenvalue weighted by molar-refractivity contribution is -0.126. The van der Waals surface area contributed by atoms with E-state index in [0.717, 1.165) is 25.8 Å². The van der Waals surface area contributed by atoms with Crippen molar-refractivity contribution in [1.82, 2.24) is 15.6 Å². The molecule has 0 spiro atoms. The third-order valence-corrected chi connectivity index (χ3v) is 3.67. The molecule has 2 atom stereocenters. The molecule has 1 aliphatic rings. The number of carbonyl (C=O) groups is 2. The van der Waals surface area contributed by atoms with Gasteiger partial charge in [0.05, 0.1) is 6.10 Å². The molecule has 3 N–H and O–H groups in total. The molecule has 2 unspecified atom stereocenters. The summed E-state index contributed by atoms with van der Waals surface area (Å²) < 4.78 is 5.54. The summed E-state index contributed by atoms with van der Waals surface area (Å²) >= 11 is 0. The molecular formula is C16H24N4O3. The van der Waals surface area contributed by atoms with Gasteiger partial charge >= 0.3 is 0 Å². The van der Waals surface area contributed by atoms with Crippen LogP contribution in [0.1, 0.15) is 36.7 Å². The number of anilines is 1. The molecule has 1 aliphatic heterocycles. The Morgan fingerprint density at radius 1 is 1.35 bits per heavy atom. The van der Waals surface area contributed by atoms with E-state index in [4.69, 9.17) is 4.74 Å². The Kier molecular flexibility index (Phi) is 6.49. The average molecular weight is 320 g/mol. The van der Waals surface area contributed by atoms with Crippen molar-refractivity contribution in [3.63, 3.8) is 0 Å². The summed E-state index contributed by atoms with van der Waals surface area (Å²) in [4.78, 5) is 28.2. The number of hydrogen-bond acceptors (Lipinski definition) is 5. The van der Waals surface area contributed by atoms with Crippen LogP contribution in [0.4, 0.5) is 5.69 Å². The van der Waals surface area contributed by atoms with Crippen LogP contribution in [0.25, 0.3) is 0 Å². The van der Waals surface area contributed by atoms with Crippen LogP contribution < -0.4 is 16.0 Å². The summed E-state index contributed by atoms with van der Waals surface area (Å²) in [6.07, 6.45) is 3.65. The van der Waals surface area contributed by atoms with Crippen molar-refractivity contribution in [2.45, 2.75) is 38.4 Å². The Morgan fingerprint density at radius 2 is 2.17 bits per heavy atom. The Labute approximate surface area is 136 Å². The molecule has 23 heavy (non-hydrogen) atoms. The van der Waals surface area contributed by atoms with Crippen molar-refractivity contribution in [2.75, 3.05) is 25.5 Å². The van der Waals surface area contributed by atoms with Crippen LogP contribution in [0, 0.1) is 0 Å². The molecule has 1 saturated heterocycles. The second-order valence-electron chi connectivity index (χ2n) is 5.64. The Morgan fingerprint density at radius 3 is 2.87 bits per heavy atom.